The molecule has 4 heteroatoms. The van der Waals surface area contributed by atoms with Crippen LogP contribution in [0.5, 0.6) is 0 Å². The lowest BCUT2D eigenvalue weighted by Gasteiger charge is -2.43. The van der Waals surface area contributed by atoms with Crippen molar-refractivity contribution >= 4 is 0 Å². The van der Waals surface area contributed by atoms with Crippen molar-refractivity contribution in [3.63, 3.8) is 0 Å². The molecule has 1 aliphatic rings. The molecule has 1 aliphatic heterocycles. The summed E-state index contributed by atoms with van der Waals surface area (Å²) in [5.41, 5.74) is 1.27. The summed E-state index contributed by atoms with van der Waals surface area (Å²) in [6, 6.07) is 29.1. The zero-order valence-electron chi connectivity index (χ0n) is 16.3. The maximum atomic E-state index is 11.1. The van der Waals surface area contributed by atoms with Crippen molar-refractivity contribution in [2.24, 2.45) is 5.92 Å². The Morgan fingerprint density at radius 3 is 1.55 bits per heavy atom. The van der Waals surface area contributed by atoms with Crippen molar-refractivity contribution in [3.05, 3.63) is 108 Å². The summed E-state index contributed by atoms with van der Waals surface area (Å²) in [6.45, 7) is 0.884. The molecule has 1 heterocycles. The van der Waals surface area contributed by atoms with Gasteiger partial charge in [-0.15, -0.1) is 0 Å². The van der Waals surface area contributed by atoms with Gasteiger partial charge in [-0.25, -0.2) is 0 Å². The van der Waals surface area contributed by atoms with E-state index in [1.807, 2.05) is 91.0 Å². The van der Waals surface area contributed by atoms with E-state index in [0.29, 0.717) is 13.0 Å². The van der Waals surface area contributed by atoms with Crippen LogP contribution in [-0.4, -0.2) is 29.4 Å². The molecule has 1 atom stereocenters. The van der Waals surface area contributed by atoms with E-state index in [-0.39, 0.29) is 6.61 Å². The molecule has 29 heavy (non-hydrogen) atoms. The average Bonchev–Trinajstić information content (AvgIpc) is 2.80. The maximum Gasteiger partial charge on any atom is 0.284 e. The molecule has 0 bridgehead atoms. The van der Waals surface area contributed by atoms with Crippen LogP contribution in [0.15, 0.2) is 91.0 Å². The number of benzene rings is 3. The lowest BCUT2D eigenvalue weighted by atomic mass is 9.79. The summed E-state index contributed by atoms with van der Waals surface area (Å²) in [5.74, 6) is -2.89. The van der Waals surface area contributed by atoms with Crippen molar-refractivity contribution in [3.8, 4) is 0 Å². The van der Waals surface area contributed by atoms with Crippen molar-refractivity contribution in [2.45, 2.75) is 24.4 Å². The van der Waals surface area contributed by atoms with E-state index in [4.69, 9.17) is 9.47 Å². The van der Waals surface area contributed by atoms with Crippen LogP contribution in [0.2, 0.25) is 0 Å². The highest BCUT2D eigenvalue weighted by molar-refractivity contribution is 5.47. The van der Waals surface area contributed by atoms with E-state index >= 15 is 0 Å². The topological polar surface area (TPSA) is 58.9 Å². The van der Waals surface area contributed by atoms with Gasteiger partial charge in [-0.3, -0.25) is 0 Å². The third-order valence-corrected chi connectivity index (χ3v) is 5.54. The largest absolute Gasteiger partial charge is 0.381 e. The van der Waals surface area contributed by atoms with Gasteiger partial charge in [-0.05, 0) is 29.5 Å². The zero-order valence-corrected chi connectivity index (χ0v) is 16.3. The number of ether oxygens (including phenoxy) is 2. The van der Waals surface area contributed by atoms with E-state index < -0.39 is 17.5 Å². The quantitative estimate of drug-likeness (QED) is 0.492. The van der Waals surface area contributed by atoms with Crippen LogP contribution in [0.1, 0.15) is 29.5 Å². The first kappa shape index (κ1) is 19.8. The van der Waals surface area contributed by atoms with E-state index in [1.54, 1.807) is 0 Å². The molecule has 0 aromatic heterocycles. The molecule has 0 spiro atoms. The highest BCUT2D eigenvalue weighted by Gasteiger charge is 2.48. The summed E-state index contributed by atoms with van der Waals surface area (Å²) in [7, 11) is 0. The molecule has 0 aliphatic carbocycles. The maximum absolute atomic E-state index is 11.1. The first-order valence-electron chi connectivity index (χ1n) is 10.0. The van der Waals surface area contributed by atoms with Gasteiger partial charge in [0, 0.05) is 6.61 Å². The van der Waals surface area contributed by atoms with E-state index in [1.165, 1.54) is 0 Å². The highest BCUT2D eigenvalue weighted by atomic mass is 16.8. The standard InChI is InChI=1S/C25H26O4/c26-25(27,23-17-10-18-28-19-23)29-24(20-11-4-1-5-12-20,21-13-6-2-7-14-21)22-15-8-3-9-16-22/h1-9,11-16,23,26-27H,10,17-19H2/t23-/m0/s1. The van der Waals surface area contributed by atoms with E-state index in [0.717, 1.165) is 23.1 Å². The summed E-state index contributed by atoms with van der Waals surface area (Å²) in [5, 5.41) is 22.2. The second-order valence-corrected chi connectivity index (χ2v) is 7.45. The van der Waals surface area contributed by atoms with Crippen molar-refractivity contribution < 1.29 is 19.7 Å². The Labute approximate surface area is 171 Å². The van der Waals surface area contributed by atoms with Crippen molar-refractivity contribution in [1.29, 1.82) is 0 Å². The Balaban J connectivity index is 1.90. The second-order valence-electron chi connectivity index (χ2n) is 7.45. The second kappa shape index (κ2) is 8.47. The smallest absolute Gasteiger partial charge is 0.284 e. The minimum Gasteiger partial charge on any atom is -0.381 e. The van der Waals surface area contributed by atoms with Gasteiger partial charge in [0.15, 0.2) is 0 Å². The summed E-state index contributed by atoms with van der Waals surface area (Å²) < 4.78 is 11.9. The van der Waals surface area contributed by atoms with Crippen LogP contribution in [0.3, 0.4) is 0 Å². The van der Waals surface area contributed by atoms with Crippen LogP contribution < -0.4 is 0 Å². The minimum absolute atomic E-state index is 0.251. The van der Waals surface area contributed by atoms with Crippen LogP contribution in [0, 0.1) is 5.92 Å². The molecule has 0 radical (unpaired) electrons. The summed E-state index contributed by atoms with van der Waals surface area (Å²) in [4.78, 5) is 0. The Kier molecular flexibility index (Phi) is 5.79. The summed E-state index contributed by atoms with van der Waals surface area (Å²) in [6.07, 6.45) is 1.40. The lowest BCUT2D eigenvalue weighted by molar-refractivity contribution is -0.398. The molecule has 150 valence electrons. The predicted molar refractivity (Wildman–Crippen MR) is 111 cm³/mol. The Bertz CT molecular complexity index is 791. The molecular formula is C25H26O4. The fraction of sp³-hybridized carbons (Fsp3) is 0.280. The van der Waals surface area contributed by atoms with Crippen LogP contribution >= 0.6 is 0 Å². The molecule has 1 fully saturated rings. The predicted octanol–water partition coefficient (Wildman–Crippen LogP) is 4.06. The van der Waals surface area contributed by atoms with E-state index in [9.17, 15) is 10.2 Å². The number of hydrogen-bond donors (Lipinski definition) is 2. The third-order valence-electron chi connectivity index (χ3n) is 5.54. The average molecular weight is 390 g/mol. The summed E-state index contributed by atoms with van der Waals surface area (Å²) >= 11 is 0. The lowest BCUT2D eigenvalue weighted by Crippen LogP contribution is -2.51. The van der Waals surface area contributed by atoms with Gasteiger partial charge in [-0.1, -0.05) is 91.0 Å². The Morgan fingerprint density at radius 2 is 1.17 bits per heavy atom. The molecule has 4 nitrogen and oxygen atoms in total. The van der Waals surface area contributed by atoms with Crippen molar-refractivity contribution in [2.75, 3.05) is 13.2 Å². The first-order chi connectivity index (χ1) is 14.1. The van der Waals surface area contributed by atoms with Gasteiger partial charge in [-0.2, -0.15) is 0 Å². The molecule has 0 saturated carbocycles. The normalized spacial score (nSPS) is 17.8. The number of rotatable bonds is 6. The van der Waals surface area contributed by atoms with Gasteiger partial charge in [0.2, 0.25) is 0 Å². The number of aliphatic hydroxyl groups is 2. The Hall–Kier alpha value is -2.50. The highest BCUT2D eigenvalue weighted by Crippen LogP contribution is 2.44. The first-order valence-corrected chi connectivity index (χ1v) is 10.0. The monoisotopic (exact) mass is 390 g/mol. The Morgan fingerprint density at radius 1 is 0.724 bits per heavy atom. The fourth-order valence-corrected chi connectivity index (χ4v) is 4.04. The molecule has 1 saturated heterocycles. The SMILES string of the molecule is OC(O)(OC(c1ccccc1)(c1ccccc1)c1ccccc1)[C@H]1CCCOC1. The number of hydrogen-bond acceptors (Lipinski definition) is 4. The van der Waals surface area contributed by atoms with Crippen LogP contribution in [0.25, 0.3) is 0 Å². The van der Waals surface area contributed by atoms with Gasteiger partial charge >= 0.3 is 0 Å². The fourth-order valence-electron chi connectivity index (χ4n) is 4.04. The van der Waals surface area contributed by atoms with Gasteiger partial charge in [0.25, 0.3) is 5.97 Å². The molecular weight excluding hydrogens is 364 g/mol. The molecule has 0 amide bonds. The third kappa shape index (κ3) is 3.98. The van der Waals surface area contributed by atoms with Crippen LogP contribution in [-0.2, 0) is 15.1 Å². The zero-order chi connectivity index (χ0) is 20.2. The minimum atomic E-state index is -2.36. The molecule has 3 aromatic carbocycles. The van der Waals surface area contributed by atoms with Gasteiger partial charge in [0.05, 0.1) is 12.5 Å². The molecule has 2 N–H and O–H groups in total. The molecule has 0 unspecified atom stereocenters. The molecule has 4 rings (SSSR count). The van der Waals surface area contributed by atoms with Gasteiger partial charge in [0.1, 0.15) is 5.60 Å². The van der Waals surface area contributed by atoms with E-state index in [2.05, 4.69) is 0 Å². The van der Waals surface area contributed by atoms with Crippen LogP contribution in [0.4, 0.5) is 0 Å². The molecule has 3 aromatic rings. The van der Waals surface area contributed by atoms with Gasteiger partial charge < -0.3 is 19.7 Å². The van der Waals surface area contributed by atoms with Crippen molar-refractivity contribution in [1.82, 2.24) is 0 Å².